The Bertz CT molecular complexity index is 543. The Kier molecular flexibility index (Phi) is 2.54. The summed E-state index contributed by atoms with van der Waals surface area (Å²) in [6.07, 6.45) is 8.01. The number of hydrogen-bond acceptors (Lipinski definition) is 2. The Balaban J connectivity index is 2.24. The third kappa shape index (κ3) is 1.70. The average Bonchev–Trinajstić information content (AvgIpc) is 2.35. The number of alkyl halides is 1. The third-order valence-corrected chi connectivity index (χ3v) is 3.32. The topological polar surface area (TPSA) is 32.3 Å². The molecule has 0 amide bonds. The van der Waals surface area contributed by atoms with Crippen molar-refractivity contribution in [3.8, 4) is 0 Å². The van der Waals surface area contributed by atoms with Crippen molar-refractivity contribution >= 4 is 22.9 Å². The molecule has 3 rings (SSSR count). The highest BCUT2D eigenvalue weighted by molar-refractivity contribution is 6.26. The van der Waals surface area contributed by atoms with E-state index in [1.807, 2.05) is 42.5 Å². The summed E-state index contributed by atoms with van der Waals surface area (Å²) in [5, 5.41) is 13.2. The molecule has 86 valence electrons. The van der Waals surface area contributed by atoms with Gasteiger partial charge in [0, 0.05) is 16.8 Å². The van der Waals surface area contributed by atoms with Crippen LogP contribution in [0.5, 0.6) is 0 Å². The fraction of sp³-hybridized carbons (Fsp3) is 0.143. The second-order valence-electron chi connectivity index (χ2n) is 4.12. The summed E-state index contributed by atoms with van der Waals surface area (Å²) in [5.41, 5.74) is 2.84. The Hall–Kier alpha value is -1.51. The van der Waals surface area contributed by atoms with Crippen molar-refractivity contribution < 1.29 is 5.11 Å². The summed E-state index contributed by atoms with van der Waals surface area (Å²) in [4.78, 5) is 0. The number of aliphatic hydroxyl groups excluding tert-OH is 1. The average molecular weight is 246 g/mol. The van der Waals surface area contributed by atoms with Crippen LogP contribution in [0.25, 0.3) is 5.57 Å². The number of anilines is 1. The van der Waals surface area contributed by atoms with Crippen molar-refractivity contribution in [2.75, 3.05) is 5.32 Å². The Labute approximate surface area is 105 Å². The van der Waals surface area contributed by atoms with Gasteiger partial charge in [0.15, 0.2) is 5.56 Å². The first-order valence-electron chi connectivity index (χ1n) is 5.54. The standard InChI is InChI=1S/C14H12ClNO/c15-14(17)13-9-5-1-3-7-11(9)16-12-8-4-2-6-10(12)13/h1-8,11,14,16-17H. The van der Waals surface area contributed by atoms with E-state index in [4.69, 9.17) is 11.6 Å². The number of benzene rings is 1. The zero-order chi connectivity index (χ0) is 11.8. The van der Waals surface area contributed by atoms with Gasteiger partial charge in [0.2, 0.25) is 0 Å². The van der Waals surface area contributed by atoms with Gasteiger partial charge in [-0.25, -0.2) is 0 Å². The summed E-state index contributed by atoms with van der Waals surface area (Å²) in [7, 11) is 0. The number of halogens is 1. The predicted molar refractivity (Wildman–Crippen MR) is 70.9 cm³/mol. The van der Waals surface area contributed by atoms with Crippen LogP contribution < -0.4 is 5.32 Å². The second-order valence-corrected chi connectivity index (χ2v) is 4.53. The van der Waals surface area contributed by atoms with Crippen LogP contribution in [0.3, 0.4) is 0 Å². The maximum Gasteiger partial charge on any atom is 0.154 e. The van der Waals surface area contributed by atoms with Crippen LogP contribution in [-0.4, -0.2) is 16.7 Å². The molecule has 1 heterocycles. The summed E-state index contributed by atoms with van der Waals surface area (Å²) < 4.78 is 0. The maximum absolute atomic E-state index is 9.78. The summed E-state index contributed by atoms with van der Waals surface area (Å²) in [6, 6.07) is 7.98. The monoisotopic (exact) mass is 245 g/mol. The van der Waals surface area contributed by atoms with Crippen molar-refractivity contribution in [1.82, 2.24) is 0 Å². The van der Waals surface area contributed by atoms with E-state index in [1.165, 1.54) is 0 Å². The quantitative estimate of drug-likeness (QED) is 0.746. The number of fused-ring (bicyclic) bond motifs is 2. The van der Waals surface area contributed by atoms with Crippen molar-refractivity contribution in [3.63, 3.8) is 0 Å². The number of nitrogens with one attached hydrogen (secondary N) is 1. The first-order valence-corrected chi connectivity index (χ1v) is 5.98. The van der Waals surface area contributed by atoms with Crippen LogP contribution in [0, 0.1) is 0 Å². The largest absolute Gasteiger partial charge is 0.374 e. The zero-order valence-corrected chi connectivity index (χ0v) is 9.85. The molecule has 2 aliphatic rings. The van der Waals surface area contributed by atoms with E-state index in [0.717, 1.165) is 22.4 Å². The van der Waals surface area contributed by atoms with Crippen LogP contribution in [0.2, 0.25) is 0 Å². The molecule has 2 atom stereocenters. The van der Waals surface area contributed by atoms with E-state index >= 15 is 0 Å². The van der Waals surface area contributed by atoms with Gasteiger partial charge in [0.1, 0.15) is 0 Å². The van der Waals surface area contributed by atoms with E-state index in [0.29, 0.717) is 0 Å². The lowest BCUT2D eigenvalue weighted by Crippen LogP contribution is -2.27. The van der Waals surface area contributed by atoms with Gasteiger partial charge in [0.05, 0.1) is 6.04 Å². The van der Waals surface area contributed by atoms with E-state index in [2.05, 4.69) is 11.4 Å². The highest BCUT2D eigenvalue weighted by Gasteiger charge is 2.27. The number of hydrogen-bond donors (Lipinski definition) is 2. The SMILES string of the molecule is OC(Cl)C1=C2C=CC=CC2Nc2ccccc21. The Morgan fingerprint density at radius 3 is 2.88 bits per heavy atom. The smallest absolute Gasteiger partial charge is 0.154 e. The molecule has 0 bridgehead atoms. The molecule has 17 heavy (non-hydrogen) atoms. The van der Waals surface area contributed by atoms with Crippen LogP contribution in [-0.2, 0) is 0 Å². The minimum absolute atomic E-state index is 0.0956. The van der Waals surface area contributed by atoms with Gasteiger partial charge in [-0.3, -0.25) is 0 Å². The molecule has 2 unspecified atom stereocenters. The van der Waals surface area contributed by atoms with Crippen molar-refractivity contribution in [3.05, 3.63) is 59.7 Å². The molecule has 2 nitrogen and oxygen atoms in total. The molecule has 1 aliphatic carbocycles. The van der Waals surface area contributed by atoms with Crippen molar-refractivity contribution in [1.29, 1.82) is 0 Å². The van der Waals surface area contributed by atoms with Crippen LogP contribution in [0.15, 0.2) is 54.1 Å². The Morgan fingerprint density at radius 2 is 2.06 bits per heavy atom. The molecule has 0 aromatic heterocycles. The van der Waals surface area contributed by atoms with Gasteiger partial charge in [-0.2, -0.15) is 0 Å². The lowest BCUT2D eigenvalue weighted by Gasteiger charge is -2.31. The highest BCUT2D eigenvalue weighted by Crippen LogP contribution is 2.38. The molecule has 0 saturated carbocycles. The van der Waals surface area contributed by atoms with Crippen LogP contribution in [0.4, 0.5) is 5.69 Å². The number of rotatable bonds is 1. The van der Waals surface area contributed by atoms with Crippen molar-refractivity contribution in [2.24, 2.45) is 0 Å². The maximum atomic E-state index is 9.78. The molecular weight excluding hydrogens is 234 g/mol. The predicted octanol–water partition coefficient (Wildman–Crippen LogP) is 2.92. The van der Waals surface area contributed by atoms with Gasteiger partial charge < -0.3 is 10.4 Å². The lowest BCUT2D eigenvalue weighted by molar-refractivity contribution is 0.310. The van der Waals surface area contributed by atoms with Gasteiger partial charge >= 0.3 is 0 Å². The molecule has 1 aromatic carbocycles. The minimum Gasteiger partial charge on any atom is -0.374 e. The molecule has 0 saturated heterocycles. The summed E-state index contributed by atoms with van der Waals surface area (Å²) in [5.74, 6) is 0. The van der Waals surface area contributed by atoms with E-state index in [1.54, 1.807) is 0 Å². The fourth-order valence-corrected chi connectivity index (χ4v) is 2.60. The summed E-state index contributed by atoms with van der Waals surface area (Å²) in [6.45, 7) is 0. The minimum atomic E-state index is -0.980. The van der Waals surface area contributed by atoms with E-state index < -0.39 is 5.56 Å². The highest BCUT2D eigenvalue weighted by atomic mass is 35.5. The molecule has 1 aliphatic heterocycles. The van der Waals surface area contributed by atoms with Gasteiger partial charge in [-0.05, 0) is 11.6 Å². The van der Waals surface area contributed by atoms with E-state index in [9.17, 15) is 5.11 Å². The second kappa shape index (κ2) is 4.06. The lowest BCUT2D eigenvalue weighted by atomic mass is 9.88. The normalized spacial score (nSPS) is 22.8. The molecule has 3 heteroatoms. The first-order chi connectivity index (χ1) is 8.27. The number of aliphatic hydroxyl groups is 1. The molecule has 0 spiro atoms. The molecule has 0 radical (unpaired) electrons. The Morgan fingerprint density at radius 1 is 1.24 bits per heavy atom. The molecule has 1 aromatic rings. The first kappa shape index (κ1) is 10.6. The third-order valence-electron chi connectivity index (χ3n) is 3.10. The number of allylic oxidation sites excluding steroid dienone is 2. The molecule has 2 N–H and O–H groups in total. The van der Waals surface area contributed by atoms with Crippen molar-refractivity contribution in [2.45, 2.75) is 11.6 Å². The van der Waals surface area contributed by atoms with Gasteiger partial charge in [0.25, 0.3) is 0 Å². The van der Waals surface area contributed by atoms with E-state index in [-0.39, 0.29) is 6.04 Å². The fourth-order valence-electron chi connectivity index (χ4n) is 2.36. The molecular formula is C14H12ClNO. The molecule has 0 fully saturated rings. The zero-order valence-electron chi connectivity index (χ0n) is 9.10. The summed E-state index contributed by atoms with van der Waals surface area (Å²) >= 11 is 5.92. The van der Waals surface area contributed by atoms with Crippen LogP contribution in [0.1, 0.15) is 5.56 Å². The van der Waals surface area contributed by atoms with Crippen LogP contribution >= 0.6 is 11.6 Å². The van der Waals surface area contributed by atoms with Gasteiger partial charge in [-0.15, -0.1) is 0 Å². The number of para-hydroxylation sites is 1. The van der Waals surface area contributed by atoms with Gasteiger partial charge in [-0.1, -0.05) is 54.1 Å².